The van der Waals surface area contributed by atoms with E-state index in [1.54, 1.807) is 25.1 Å². The molecule has 0 unspecified atom stereocenters. The van der Waals surface area contributed by atoms with Gasteiger partial charge in [0, 0.05) is 12.8 Å². The predicted molar refractivity (Wildman–Crippen MR) is 117 cm³/mol. The van der Waals surface area contributed by atoms with Gasteiger partial charge in [-0.25, -0.2) is 14.6 Å². The van der Waals surface area contributed by atoms with Crippen LogP contribution in [-0.4, -0.2) is 54.8 Å². The normalized spacial score (nSPS) is 10.7. The number of hydrogen-bond acceptors (Lipinski definition) is 9. The monoisotopic (exact) mass is 459 g/mol. The number of carbonyl (C=O) groups excluding carboxylic acids is 3. The first kappa shape index (κ1) is 23.1. The molecule has 168 valence electrons. The molecule has 1 N–H and O–H groups in total. The summed E-state index contributed by atoms with van der Waals surface area (Å²) in [6, 6.07) is 6.24. The average molecular weight is 459 g/mol. The molecule has 2 aromatic heterocycles. The zero-order chi connectivity index (χ0) is 23.3. The van der Waals surface area contributed by atoms with Gasteiger partial charge in [-0.2, -0.15) is 0 Å². The summed E-state index contributed by atoms with van der Waals surface area (Å²) in [7, 11) is 2.76. The maximum absolute atomic E-state index is 12.9. The van der Waals surface area contributed by atoms with E-state index in [0.717, 1.165) is 15.9 Å². The van der Waals surface area contributed by atoms with Crippen molar-refractivity contribution in [2.24, 2.45) is 0 Å². The van der Waals surface area contributed by atoms with E-state index in [0.29, 0.717) is 16.1 Å². The van der Waals surface area contributed by atoms with Gasteiger partial charge in [0.25, 0.3) is 5.56 Å². The van der Waals surface area contributed by atoms with E-state index in [2.05, 4.69) is 15.0 Å². The lowest BCUT2D eigenvalue weighted by atomic mass is 10.2. The van der Waals surface area contributed by atoms with E-state index < -0.39 is 23.4 Å². The van der Waals surface area contributed by atoms with Crippen molar-refractivity contribution in [2.75, 3.05) is 32.8 Å². The highest BCUT2D eigenvalue weighted by Gasteiger charge is 2.21. The van der Waals surface area contributed by atoms with E-state index in [-0.39, 0.29) is 35.6 Å². The van der Waals surface area contributed by atoms with Gasteiger partial charge in [-0.05, 0) is 30.7 Å². The van der Waals surface area contributed by atoms with E-state index in [1.807, 2.05) is 0 Å². The van der Waals surface area contributed by atoms with Crippen LogP contribution < -0.4 is 10.9 Å². The SMILES string of the molecule is COCCOC(=O)c1sc2ncn(CC(=O)Nc3cccc(C(=O)OC)c3)c(=O)c2c1C. The first-order valence-electron chi connectivity index (χ1n) is 9.48. The summed E-state index contributed by atoms with van der Waals surface area (Å²) in [5, 5.41) is 2.90. The molecule has 0 spiro atoms. The van der Waals surface area contributed by atoms with Crippen LogP contribution >= 0.6 is 11.3 Å². The number of aryl methyl sites for hydroxylation is 1. The molecule has 0 fully saturated rings. The minimum absolute atomic E-state index is 0.0953. The first-order chi connectivity index (χ1) is 15.3. The molecular formula is C21H21N3O7S. The maximum Gasteiger partial charge on any atom is 0.348 e. The Bertz CT molecular complexity index is 1230. The van der Waals surface area contributed by atoms with E-state index in [9.17, 15) is 19.2 Å². The number of thiophene rings is 1. The highest BCUT2D eigenvalue weighted by atomic mass is 32.1. The fourth-order valence-electron chi connectivity index (χ4n) is 2.95. The molecule has 0 aliphatic carbocycles. The van der Waals surface area contributed by atoms with Crippen LogP contribution in [0.5, 0.6) is 0 Å². The molecule has 1 amide bonds. The molecule has 2 heterocycles. The number of anilines is 1. The molecule has 3 rings (SSSR count). The fourth-order valence-corrected chi connectivity index (χ4v) is 3.98. The Hall–Kier alpha value is -3.57. The third-order valence-corrected chi connectivity index (χ3v) is 5.68. The molecule has 0 aliphatic rings. The number of methoxy groups -OCH3 is 2. The lowest BCUT2D eigenvalue weighted by Gasteiger charge is -2.08. The van der Waals surface area contributed by atoms with Gasteiger partial charge in [-0.1, -0.05) is 6.07 Å². The summed E-state index contributed by atoms with van der Waals surface area (Å²) in [4.78, 5) is 54.2. The number of nitrogens with zero attached hydrogens (tertiary/aromatic N) is 2. The standard InChI is InChI=1S/C21H21N3O7S/c1-12-16-18(32-17(12)21(28)31-8-7-29-2)22-11-24(19(16)26)10-15(25)23-14-6-4-5-13(9-14)20(27)30-3/h4-6,9,11H,7-8,10H2,1-3H3,(H,23,25). The smallest absolute Gasteiger partial charge is 0.348 e. The van der Waals surface area contributed by atoms with E-state index in [4.69, 9.17) is 9.47 Å². The third kappa shape index (κ3) is 5.01. The summed E-state index contributed by atoms with van der Waals surface area (Å²) >= 11 is 1.06. The molecule has 10 nitrogen and oxygen atoms in total. The molecule has 1 aromatic carbocycles. The summed E-state index contributed by atoms with van der Waals surface area (Å²) < 4.78 is 15.8. The number of amides is 1. The van der Waals surface area contributed by atoms with Gasteiger partial charge in [0.05, 0.1) is 31.0 Å². The van der Waals surface area contributed by atoms with E-state index >= 15 is 0 Å². The van der Waals surface area contributed by atoms with Crippen LogP contribution in [0.15, 0.2) is 35.4 Å². The zero-order valence-electron chi connectivity index (χ0n) is 17.7. The van der Waals surface area contributed by atoms with Crippen molar-refractivity contribution in [3.8, 4) is 0 Å². The molecular weight excluding hydrogens is 438 g/mol. The van der Waals surface area contributed by atoms with Gasteiger partial charge in [0.15, 0.2) is 0 Å². The van der Waals surface area contributed by atoms with Gasteiger partial charge in [0.2, 0.25) is 5.91 Å². The maximum atomic E-state index is 12.9. The summed E-state index contributed by atoms with van der Waals surface area (Å²) in [5.41, 5.74) is 0.667. The number of hydrogen-bond donors (Lipinski definition) is 1. The Labute approximate surface area is 186 Å². The Morgan fingerprint density at radius 1 is 1.16 bits per heavy atom. The predicted octanol–water partition coefficient (Wildman–Crippen LogP) is 1.99. The van der Waals surface area contributed by atoms with Crippen molar-refractivity contribution < 1.29 is 28.6 Å². The number of rotatable bonds is 8. The van der Waals surface area contributed by atoms with Crippen molar-refractivity contribution >= 4 is 45.1 Å². The van der Waals surface area contributed by atoms with Crippen LogP contribution in [0.2, 0.25) is 0 Å². The number of esters is 2. The van der Waals surface area contributed by atoms with Crippen molar-refractivity contribution in [3.63, 3.8) is 0 Å². The van der Waals surface area contributed by atoms with Crippen molar-refractivity contribution in [1.82, 2.24) is 9.55 Å². The Balaban J connectivity index is 1.79. The van der Waals surface area contributed by atoms with Gasteiger partial charge >= 0.3 is 11.9 Å². The van der Waals surface area contributed by atoms with E-state index in [1.165, 1.54) is 26.6 Å². The van der Waals surface area contributed by atoms with Gasteiger partial charge in [-0.15, -0.1) is 11.3 Å². The average Bonchev–Trinajstić information content (AvgIpc) is 3.12. The lowest BCUT2D eigenvalue weighted by molar-refractivity contribution is -0.116. The highest BCUT2D eigenvalue weighted by molar-refractivity contribution is 7.20. The second kappa shape index (κ2) is 10.2. The molecule has 0 aliphatic heterocycles. The number of fused-ring (bicyclic) bond motifs is 1. The zero-order valence-corrected chi connectivity index (χ0v) is 18.5. The fraction of sp³-hybridized carbons (Fsp3) is 0.286. The van der Waals surface area contributed by atoms with Crippen LogP contribution in [0.4, 0.5) is 5.69 Å². The molecule has 32 heavy (non-hydrogen) atoms. The Kier molecular flexibility index (Phi) is 7.33. The number of aromatic nitrogens is 2. The molecule has 0 atom stereocenters. The topological polar surface area (TPSA) is 126 Å². The number of benzene rings is 1. The molecule has 3 aromatic rings. The van der Waals surface area contributed by atoms with Gasteiger partial charge in [0.1, 0.15) is 22.9 Å². The Morgan fingerprint density at radius 2 is 1.94 bits per heavy atom. The highest BCUT2D eigenvalue weighted by Crippen LogP contribution is 2.27. The van der Waals surface area contributed by atoms with Crippen LogP contribution in [0, 0.1) is 6.92 Å². The molecule has 11 heteroatoms. The minimum atomic E-state index is -0.559. The Morgan fingerprint density at radius 3 is 2.66 bits per heavy atom. The number of carbonyl (C=O) groups is 3. The molecule has 0 saturated carbocycles. The molecule has 0 saturated heterocycles. The van der Waals surface area contributed by atoms with Crippen LogP contribution in [0.25, 0.3) is 10.2 Å². The van der Waals surface area contributed by atoms with Crippen molar-refractivity contribution in [1.29, 1.82) is 0 Å². The number of nitrogens with one attached hydrogen (secondary N) is 1. The second-order valence-corrected chi connectivity index (χ2v) is 7.66. The molecule has 0 radical (unpaired) electrons. The minimum Gasteiger partial charge on any atom is -0.465 e. The van der Waals surface area contributed by atoms with Gasteiger partial charge in [-0.3, -0.25) is 14.2 Å². The van der Waals surface area contributed by atoms with Crippen molar-refractivity contribution in [3.05, 3.63) is 57.0 Å². The first-order valence-corrected chi connectivity index (χ1v) is 10.3. The lowest BCUT2D eigenvalue weighted by Crippen LogP contribution is -2.28. The van der Waals surface area contributed by atoms with Gasteiger partial charge < -0.3 is 19.5 Å². The quantitative estimate of drug-likeness (QED) is 0.400. The third-order valence-electron chi connectivity index (χ3n) is 4.50. The summed E-state index contributed by atoms with van der Waals surface area (Å²) in [5.74, 6) is -1.57. The second-order valence-electron chi connectivity index (χ2n) is 6.66. The summed E-state index contributed by atoms with van der Waals surface area (Å²) in [6.07, 6.45) is 1.26. The summed E-state index contributed by atoms with van der Waals surface area (Å²) in [6.45, 7) is 1.70. The number of ether oxygens (including phenoxy) is 3. The van der Waals surface area contributed by atoms with Crippen molar-refractivity contribution in [2.45, 2.75) is 13.5 Å². The van der Waals surface area contributed by atoms with Crippen LogP contribution in [0.1, 0.15) is 25.6 Å². The van der Waals surface area contributed by atoms with Crippen LogP contribution in [-0.2, 0) is 25.5 Å². The largest absolute Gasteiger partial charge is 0.465 e. The van der Waals surface area contributed by atoms with Crippen LogP contribution in [0.3, 0.4) is 0 Å². The molecule has 0 bridgehead atoms.